The van der Waals surface area contributed by atoms with Crippen molar-refractivity contribution < 1.29 is 14.1 Å². The molecule has 0 saturated heterocycles. The molecular weight excluding hydrogens is 268 g/mol. The van der Waals surface area contributed by atoms with E-state index in [4.69, 9.17) is 9.26 Å². The summed E-state index contributed by atoms with van der Waals surface area (Å²) in [6.07, 6.45) is 6.26. The van der Waals surface area contributed by atoms with E-state index in [9.17, 15) is 4.79 Å². The van der Waals surface area contributed by atoms with E-state index in [0.717, 1.165) is 31.0 Å². The molecule has 1 heterocycles. The van der Waals surface area contributed by atoms with Crippen LogP contribution >= 0.6 is 0 Å². The van der Waals surface area contributed by atoms with Gasteiger partial charge in [-0.2, -0.15) is 4.98 Å². The van der Waals surface area contributed by atoms with E-state index in [1.807, 2.05) is 13.8 Å². The van der Waals surface area contributed by atoms with E-state index in [0.29, 0.717) is 24.8 Å². The average molecular weight is 294 g/mol. The molecule has 0 spiro atoms. The summed E-state index contributed by atoms with van der Waals surface area (Å²) >= 11 is 0. The molecule has 0 amide bonds. The van der Waals surface area contributed by atoms with Crippen molar-refractivity contribution in [2.45, 2.75) is 71.1 Å². The Morgan fingerprint density at radius 3 is 2.81 bits per heavy atom. The number of carbonyl (C=O) groups is 1. The first-order valence-corrected chi connectivity index (χ1v) is 8.19. The van der Waals surface area contributed by atoms with E-state index in [1.54, 1.807) is 0 Å². The Morgan fingerprint density at radius 1 is 1.38 bits per heavy atom. The summed E-state index contributed by atoms with van der Waals surface area (Å²) in [5.74, 6) is 1.67. The van der Waals surface area contributed by atoms with Crippen LogP contribution < -0.4 is 0 Å². The molecule has 2 rings (SSSR count). The third kappa shape index (κ3) is 3.83. The lowest BCUT2D eigenvalue weighted by atomic mass is 10.0. The molecule has 0 N–H and O–H groups in total. The first kappa shape index (κ1) is 16.0. The van der Waals surface area contributed by atoms with Gasteiger partial charge in [-0.25, -0.2) is 0 Å². The highest BCUT2D eigenvalue weighted by Crippen LogP contribution is 2.38. The zero-order chi connectivity index (χ0) is 15.2. The van der Waals surface area contributed by atoms with Gasteiger partial charge in [-0.05, 0) is 38.5 Å². The maximum atomic E-state index is 12.0. The van der Waals surface area contributed by atoms with Crippen molar-refractivity contribution in [1.82, 2.24) is 10.1 Å². The van der Waals surface area contributed by atoms with E-state index in [1.165, 1.54) is 12.8 Å². The third-order valence-corrected chi connectivity index (χ3v) is 4.39. The van der Waals surface area contributed by atoms with Gasteiger partial charge in [0.15, 0.2) is 5.82 Å². The van der Waals surface area contributed by atoms with Gasteiger partial charge in [-0.1, -0.05) is 31.8 Å². The van der Waals surface area contributed by atoms with Crippen molar-refractivity contribution >= 4 is 5.97 Å². The van der Waals surface area contributed by atoms with Crippen LogP contribution in [0.5, 0.6) is 0 Å². The molecule has 1 saturated carbocycles. The first-order valence-electron chi connectivity index (χ1n) is 8.19. The minimum Gasteiger partial charge on any atom is -0.465 e. The van der Waals surface area contributed by atoms with Crippen LogP contribution in [0.2, 0.25) is 0 Å². The number of aromatic nitrogens is 2. The van der Waals surface area contributed by atoms with Crippen LogP contribution in [0, 0.1) is 5.92 Å². The maximum Gasteiger partial charge on any atom is 0.318 e. The molecule has 1 aromatic heterocycles. The second kappa shape index (κ2) is 7.57. The lowest BCUT2D eigenvalue weighted by molar-refractivity contribution is -0.145. The maximum absolute atomic E-state index is 12.0. The highest BCUT2D eigenvalue weighted by molar-refractivity contribution is 5.76. The highest BCUT2D eigenvalue weighted by Gasteiger charge is 2.31. The molecule has 0 aromatic carbocycles. The molecule has 3 atom stereocenters. The van der Waals surface area contributed by atoms with Crippen LogP contribution in [0.4, 0.5) is 0 Å². The van der Waals surface area contributed by atoms with E-state index in [2.05, 4.69) is 17.1 Å². The minimum absolute atomic E-state index is 0.257. The number of hydrogen-bond acceptors (Lipinski definition) is 5. The standard InChI is InChI=1S/C16H26N2O3/c1-4-7-13(16(19)20-6-3)15-17-14(18-21-15)12-9-8-11(5-2)10-12/h11-13H,4-10H2,1-3H3. The molecule has 118 valence electrons. The Kier molecular flexibility index (Phi) is 5.76. The van der Waals surface area contributed by atoms with Gasteiger partial charge in [0.1, 0.15) is 5.92 Å². The van der Waals surface area contributed by atoms with E-state index < -0.39 is 5.92 Å². The molecule has 5 nitrogen and oxygen atoms in total. The number of esters is 1. The Morgan fingerprint density at radius 2 is 2.19 bits per heavy atom. The van der Waals surface area contributed by atoms with Gasteiger partial charge in [0.25, 0.3) is 0 Å². The smallest absolute Gasteiger partial charge is 0.318 e. The molecule has 5 heteroatoms. The van der Waals surface area contributed by atoms with Gasteiger partial charge in [0.2, 0.25) is 5.89 Å². The van der Waals surface area contributed by atoms with Crippen molar-refractivity contribution in [3.63, 3.8) is 0 Å². The largest absolute Gasteiger partial charge is 0.465 e. The summed E-state index contributed by atoms with van der Waals surface area (Å²) in [5.41, 5.74) is 0. The Labute approximate surface area is 126 Å². The van der Waals surface area contributed by atoms with Crippen LogP contribution in [0.25, 0.3) is 0 Å². The van der Waals surface area contributed by atoms with Gasteiger partial charge in [0.05, 0.1) is 6.61 Å². The molecule has 0 aliphatic heterocycles. The molecular formula is C16H26N2O3. The fourth-order valence-electron chi connectivity index (χ4n) is 3.11. The quantitative estimate of drug-likeness (QED) is 0.715. The molecule has 21 heavy (non-hydrogen) atoms. The van der Waals surface area contributed by atoms with Crippen LogP contribution in [0.3, 0.4) is 0 Å². The summed E-state index contributed by atoms with van der Waals surface area (Å²) in [5, 5.41) is 4.12. The molecule has 1 aliphatic rings. The number of ether oxygens (including phenoxy) is 1. The van der Waals surface area contributed by atoms with Crippen LogP contribution in [-0.2, 0) is 9.53 Å². The van der Waals surface area contributed by atoms with Gasteiger partial charge < -0.3 is 9.26 Å². The second-order valence-electron chi connectivity index (χ2n) is 5.87. The normalized spacial score (nSPS) is 23.2. The van der Waals surface area contributed by atoms with Crippen molar-refractivity contribution in [2.24, 2.45) is 5.92 Å². The summed E-state index contributed by atoms with van der Waals surface area (Å²) in [6, 6.07) is 0. The third-order valence-electron chi connectivity index (χ3n) is 4.39. The molecule has 1 fully saturated rings. The summed E-state index contributed by atoms with van der Waals surface area (Å²) in [4.78, 5) is 16.5. The van der Waals surface area contributed by atoms with Gasteiger partial charge in [-0.3, -0.25) is 4.79 Å². The topological polar surface area (TPSA) is 65.2 Å². The van der Waals surface area contributed by atoms with E-state index >= 15 is 0 Å². The van der Waals surface area contributed by atoms with Crippen molar-refractivity contribution in [3.8, 4) is 0 Å². The van der Waals surface area contributed by atoms with E-state index in [-0.39, 0.29) is 5.97 Å². The summed E-state index contributed by atoms with van der Waals surface area (Å²) in [6.45, 7) is 6.45. The summed E-state index contributed by atoms with van der Waals surface area (Å²) in [7, 11) is 0. The molecule has 0 radical (unpaired) electrons. The van der Waals surface area contributed by atoms with Crippen LogP contribution in [-0.4, -0.2) is 22.7 Å². The SMILES string of the molecule is CCCC(C(=O)OCC)c1nc(C2CCC(CC)C2)no1. The van der Waals surface area contributed by atoms with Crippen LogP contribution in [0.15, 0.2) is 4.52 Å². The lowest BCUT2D eigenvalue weighted by Crippen LogP contribution is -2.16. The molecule has 1 aliphatic carbocycles. The summed E-state index contributed by atoms with van der Waals surface area (Å²) < 4.78 is 10.5. The lowest BCUT2D eigenvalue weighted by Gasteiger charge is -2.10. The predicted molar refractivity (Wildman–Crippen MR) is 79.0 cm³/mol. The van der Waals surface area contributed by atoms with Gasteiger partial charge in [-0.15, -0.1) is 0 Å². The molecule has 0 bridgehead atoms. The fourth-order valence-corrected chi connectivity index (χ4v) is 3.11. The van der Waals surface area contributed by atoms with Crippen LogP contribution in [0.1, 0.15) is 82.8 Å². The molecule has 3 unspecified atom stereocenters. The zero-order valence-electron chi connectivity index (χ0n) is 13.3. The van der Waals surface area contributed by atoms with Crippen molar-refractivity contribution in [2.75, 3.05) is 6.61 Å². The number of rotatable bonds is 7. The first-order chi connectivity index (χ1) is 10.2. The fraction of sp³-hybridized carbons (Fsp3) is 0.812. The van der Waals surface area contributed by atoms with Crippen molar-refractivity contribution in [1.29, 1.82) is 0 Å². The van der Waals surface area contributed by atoms with Gasteiger partial charge in [0, 0.05) is 5.92 Å². The number of hydrogen-bond donors (Lipinski definition) is 0. The minimum atomic E-state index is -0.417. The predicted octanol–water partition coefficient (Wildman–Crippen LogP) is 3.81. The monoisotopic (exact) mass is 294 g/mol. The molecule has 1 aromatic rings. The highest BCUT2D eigenvalue weighted by atomic mass is 16.5. The van der Waals surface area contributed by atoms with Crippen molar-refractivity contribution in [3.05, 3.63) is 11.7 Å². The Bertz CT molecular complexity index is 458. The number of carbonyl (C=O) groups excluding carboxylic acids is 1. The van der Waals surface area contributed by atoms with Gasteiger partial charge >= 0.3 is 5.97 Å². The Balaban J connectivity index is 2.07. The Hall–Kier alpha value is -1.39. The zero-order valence-corrected chi connectivity index (χ0v) is 13.3. The number of nitrogens with zero attached hydrogens (tertiary/aromatic N) is 2. The second-order valence-corrected chi connectivity index (χ2v) is 5.87. The average Bonchev–Trinajstić information content (AvgIpc) is 3.13.